The van der Waals surface area contributed by atoms with Gasteiger partial charge in [-0.25, -0.2) is 0 Å². The quantitative estimate of drug-likeness (QED) is 0.425. The summed E-state index contributed by atoms with van der Waals surface area (Å²) in [5.74, 6) is -4.26. The Morgan fingerprint density at radius 2 is 1.48 bits per heavy atom. The molecular formula is C20H25F3O4. The Hall–Kier alpha value is -2.18. The van der Waals surface area contributed by atoms with E-state index >= 15 is 0 Å². The van der Waals surface area contributed by atoms with Crippen LogP contribution in [0.15, 0.2) is 18.2 Å². The van der Waals surface area contributed by atoms with Crippen LogP contribution in [0.4, 0.5) is 13.2 Å². The van der Waals surface area contributed by atoms with Crippen LogP contribution in [0.25, 0.3) is 0 Å². The van der Waals surface area contributed by atoms with Gasteiger partial charge in [-0.3, -0.25) is 14.4 Å². The minimum atomic E-state index is -4.56. The van der Waals surface area contributed by atoms with Gasteiger partial charge in [-0.15, -0.1) is 0 Å². The van der Waals surface area contributed by atoms with Crippen molar-refractivity contribution in [2.24, 2.45) is 11.3 Å². The Balaban J connectivity index is 3.40. The molecule has 0 heterocycles. The summed E-state index contributed by atoms with van der Waals surface area (Å²) >= 11 is 0. The zero-order valence-electron chi connectivity index (χ0n) is 16.6. The number of hydrogen-bond acceptors (Lipinski definition) is 4. The number of halogens is 3. The molecule has 1 aromatic rings. The van der Waals surface area contributed by atoms with Crippen LogP contribution in [0.5, 0.6) is 0 Å². The van der Waals surface area contributed by atoms with Crippen molar-refractivity contribution in [1.29, 1.82) is 0 Å². The Labute approximate surface area is 157 Å². The van der Waals surface area contributed by atoms with E-state index < -0.39 is 46.2 Å². The lowest BCUT2D eigenvalue weighted by molar-refractivity contribution is -0.161. The van der Waals surface area contributed by atoms with Gasteiger partial charge in [0.25, 0.3) is 0 Å². The average Bonchev–Trinajstić information content (AvgIpc) is 2.43. The Kier molecular flexibility index (Phi) is 6.30. The smallest absolute Gasteiger partial charge is 0.416 e. The first-order valence-electron chi connectivity index (χ1n) is 8.44. The highest BCUT2D eigenvalue weighted by atomic mass is 19.4. The number of carbonyl (C=O) groups excluding carboxylic acids is 3. The van der Waals surface area contributed by atoms with E-state index in [-0.39, 0.29) is 11.1 Å². The van der Waals surface area contributed by atoms with Crippen molar-refractivity contribution < 1.29 is 32.3 Å². The summed E-state index contributed by atoms with van der Waals surface area (Å²) < 4.78 is 43.7. The van der Waals surface area contributed by atoms with Crippen LogP contribution in [0.1, 0.15) is 63.0 Å². The maximum atomic E-state index is 12.9. The molecule has 1 rings (SSSR count). The summed E-state index contributed by atoms with van der Waals surface area (Å²) in [7, 11) is 0. The van der Waals surface area contributed by atoms with Gasteiger partial charge >= 0.3 is 12.1 Å². The normalized spacial score (nSPS) is 13.9. The van der Waals surface area contributed by atoms with Gasteiger partial charge in [0.05, 0.1) is 5.56 Å². The van der Waals surface area contributed by atoms with Crippen LogP contribution in [-0.2, 0) is 20.5 Å². The Morgan fingerprint density at radius 1 is 0.963 bits per heavy atom. The van der Waals surface area contributed by atoms with Crippen molar-refractivity contribution >= 4 is 17.5 Å². The highest BCUT2D eigenvalue weighted by Gasteiger charge is 2.43. The van der Waals surface area contributed by atoms with E-state index in [2.05, 4.69) is 0 Å². The zero-order chi connectivity index (χ0) is 21.4. The van der Waals surface area contributed by atoms with Crippen molar-refractivity contribution in [2.45, 2.75) is 60.2 Å². The van der Waals surface area contributed by atoms with Crippen LogP contribution in [0.2, 0.25) is 0 Å². The fourth-order valence-corrected chi connectivity index (χ4v) is 2.40. The standard InChI is InChI=1S/C20H25F3O4/c1-11-10-12(20(21,22)23)8-9-13(11)15(24)14(16(25)18(2,3)4)17(26)27-19(5,6)7/h8-10,14H,1-7H3. The lowest BCUT2D eigenvalue weighted by Crippen LogP contribution is -2.42. The third-order valence-electron chi connectivity index (χ3n) is 3.73. The van der Waals surface area contributed by atoms with Gasteiger partial charge in [-0.1, -0.05) is 26.8 Å². The lowest BCUT2D eigenvalue weighted by Gasteiger charge is -2.27. The van der Waals surface area contributed by atoms with E-state index in [0.29, 0.717) is 0 Å². The second-order valence-corrected chi connectivity index (χ2v) is 8.47. The van der Waals surface area contributed by atoms with Crippen LogP contribution in [-0.4, -0.2) is 23.1 Å². The molecule has 1 unspecified atom stereocenters. The van der Waals surface area contributed by atoms with Crippen LogP contribution in [0, 0.1) is 18.3 Å². The molecule has 0 aliphatic carbocycles. The molecule has 0 aliphatic heterocycles. The molecule has 4 nitrogen and oxygen atoms in total. The first-order chi connectivity index (χ1) is 11.9. The van der Waals surface area contributed by atoms with E-state index in [1.807, 2.05) is 0 Å². The third kappa shape index (κ3) is 5.91. The minimum absolute atomic E-state index is 0.0325. The number of aryl methyl sites for hydroxylation is 1. The van der Waals surface area contributed by atoms with Gasteiger partial charge in [-0.05, 0) is 45.4 Å². The third-order valence-corrected chi connectivity index (χ3v) is 3.73. The molecule has 0 aliphatic rings. The summed E-state index contributed by atoms with van der Waals surface area (Å²) in [6, 6.07) is 2.57. The molecule has 0 N–H and O–H groups in total. The number of hydrogen-bond donors (Lipinski definition) is 0. The maximum absolute atomic E-state index is 12.9. The van der Waals surface area contributed by atoms with Crippen LogP contribution < -0.4 is 0 Å². The van der Waals surface area contributed by atoms with Crippen molar-refractivity contribution in [3.63, 3.8) is 0 Å². The second kappa shape index (κ2) is 7.44. The molecule has 0 amide bonds. The van der Waals surface area contributed by atoms with Crippen molar-refractivity contribution in [3.05, 3.63) is 34.9 Å². The van der Waals surface area contributed by atoms with Gasteiger partial charge < -0.3 is 4.74 Å². The van der Waals surface area contributed by atoms with Gasteiger partial charge in [0.15, 0.2) is 17.5 Å². The average molecular weight is 386 g/mol. The summed E-state index contributed by atoms with van der Waals surface area (Å²) in [6.07, 6.45) is -4.56. The summed E-state index contributed by atoms with van der Waals surface area (Å²) in [5.41, 5.74) is -2.94. The van der Waals surface area contributed by atoms with Gasteiger partial charge in [0.1, 0.15) is 5.60 Å². The van der Waals surface area contributed by atoms with Gasteiger partial charge in [-0.2, -0.15) is 13.2 Å². The minimum Gasteiger partial charge on any atom is -0.459 e. The molecule has 27 heavy (non-hydrogen) atoms. The number of carbonyl (C=O) groups is 3. The maximum Gasteiger partial charge on any atom is 0.416 e. The van der Waals surface area contributed by atoms with Gasteiger partial charge in [0.2, 0.25) is 0 Å². The number of esters is 1. The lowest BCUT2D eigenvalue weighted by atomic mass is 9.79. The van der Waals surface area contributed by atoms with E-state index in [9.17, 15) is 27.6 Å². The molecule has 0 saturated carbocycles. The second-order valence-electron chi connectivity index (χ2n) is 8.47. The summed E-state index contributed by atoms with van der Waals surface area (Å²) in [4.78, 5) is 38.2. The SMILES string of the molecule is Cc1cc(C(F)(F)F)ccc1C(=O)C(C(=O)OC(C)(C)C)C(=O)C(C)(C)C. The fraction of sp³-hybridized carbons (Fsp3) is 0.550. The molecule has 150 valence electrons. The largest absolute Gasteiger partial charge is 0.459 e. The molecule has 7 heteroatoms. The number of ketones is 2. The Morgan fingerprint density at radius 3 is 1.85 bits per heavy atom. The van der Waals surface area contributed by atoms with E-state index in [1.165, 1.54) is 6.92 Å². The molecule has 0 aromatic heterocycles. The molecule has 0 fully saturated rings. The van der Waals surface area contributed by atoms with Gasteiger partial charge in [0, 0.05) is 11.0 Å². The van der Waals surface area contributed by atoms with E-state index in [0.717, 1.165) is 18.2 Å². The highest BCUT2D eigenvalue weighted by molar-refractivity contribution is 6.23. The predicted molar refractivity (Wildman–Crippen MR) is 94.3 cm³/mol. The highest BCUT2D eigenvalue weighted by Crippen LogP contribution is 2.32. The fourth-order valence-electron chi connectivity index (χ4n) is 2.40. The predicted octanol–water partition coefficient (Wildman–Crippen LogP) is 4.77. The first kappa shape index (κ1) is 22.9. The number of alkyl halides is 3. The molecule has 0 saturated heterocycles. The van der Waals surface area contributed by atoms with Crippen molar-refractivity contribution in [3.8, 4) is 0 Å². The number of rotatable bonds is 4. The molecule has 0 spiro atoms. The number of benzene rings is 1. The topological polar surface area (TPSA) is 60.4 Å². The summed E-state index contributed by atoms with van der Waals surface area (Å²) in [6.45, 7) is 10.8. The zero-order valence-corrected chi connectivity index (χ0v) is 16.6. The van der Waals surface area contributed by atoms with Crippen LogP contribution in [0.3, 0.4) is 0 Å². The monoisotopic (exact) mass is 386 g/mol. The van der Waals surface area contributed by atoms with E-state index in [4.69, 9.17) is 4.74 Å². The molecular weight excluding hydrogens is 361 g/mol. The molecule has 0 radical (unpaired) electrons. The molecule has 1 aromatic carbocycles. The first-order valence-corrected chi connectivity index (χ1v) is 8.44. The summed E-state index contributed by atoms with van der Waals surface area (Å²) in [5, 5.41) is 0. The number of Topliss-reactive ketones (excluding diaryl/α,β-unsaturated/α-hetero) is 2. The Bertz CT molecular complexity index is 750. The van der Waals surface area contributed by atoms with Crippen molar-refractivity contribution in [1.82, 2.24) is 0 Å². The van der Waals surface area contributed by atoms with Crippen molar-refractivity contribution in [2.75, 3.05) is 0 Å². The van der Waals surface area contributed by atoms with Crippen LogP contribution >= 0.6 is 0 Å². The number of ether oxygens (including phenoxy) is 1. The molecule has 1 atom stereocenters. The van der Waals surface area contributed by atoms with E-state index in [1.54, 1.807) is 41.5 Å². The molecule has 0 bridgehead atoms.